The Labute approximate surface area is 103 Å². The number of hydrogen-bond donors (Lipinski definition) is 0. The van der Waals surface area contributed by atoms with Gasteiger partial charge in [-0.05, 0) is 29.3 Å². The molecule has 3 heteroatoms. The predicted molar refractivity (Wildman–Crippen MR) is 65.3 cm³/mol. The largest absolute Gasteiger partial charge is 0.285 e. The van der Waals surface area contributed by atoms with Crippen LogP contribution in [0.4, 0.5) is 0 Å². The molecule has 0 aliphatic heterocycles. The van der Waals surface area contributed by atoms with Crippen LogP contribution in [0.1, 0.15) is 26.3 Å². The summed E-state index contributed by atoms with van der Waals surface area (Å²) >= 11 is 0. The molecule has 0 atom stereocenters. The fraction of sp³-hybridized carbons (Fsp3) is 0. The van der Waals surface area contributed by atoms with Gasteiger partial charge >= 0.3 is 0 Å². The molecule has 0 fully saturated rings. The highest BCUT2D eigenvalue weighted by atomic mass is 16.2. The molecule has 1 aliphatic rings. The van der Waals surface area contributed by atoms with Gasteiger partial charge < -0.3 is 0 Å². The third-order valence-corrected chi connectivity index (χ3v) is 3.06. The molecule has 2 aromatic carbocycles. The number of nitriles is 1. The Bertz CT molecular complexity index is 738. The zero-order valence-electron chi connectivity index (χ0n) is 9.31. The Balaban J connectivity index is 2.39. The second-order valence-corrected chi connectivity index (χ2v) is 4.08. The van der Waals surface area contributed by atoms with Gasteiger partial charge in [0.05, 0.1) is 11.6 Å². The molecule has 1 aliphatic carbocycles. The van der Waals surface area contributed by atoms with Crippen LogP contribution in [0.5, 0.6) is 0 Å². The molecule has 84 valence electrons. The van der Waals surface area contributed by atoms with E-state index >= 15 is 0 Å². The highest BCUT2D eigenvalue weighted by Crippen LogP contribution is 2.33. The third kappa shape index (κ3) is 1.30. The lowest BCUT2D eigenvalue weighted by Crippen LogP contribution is -2.21. The maximum Gasteiger partial charge on any atom is 0.234 e. The summed E-state index contributed by atoms with van der Waals surface area (Å²) in [7, 11) is 0. The van der Waals surface area contributed by atoms with E-state index in [2.05, 4.69) is 0 Å². The number of nitrogens with zero attached hydrogens (tertiary/aromatic N) is 1. The average molecular weight is 233 g/mol. The van der Waals surface area contributed by atoms with Crippen LogP contribution in [0.2, 0.25) is 0 Å². The van der Waals surface area contributed by atoms with E-state index in [4.69, 9.17) is 5.26 Å². The molecule has 2 aromatic rings. The standard InChI is InChI=1S/C15H7NO2/c16-8-9-5-6-12-13(7-9)10-3-1-2-4-11(10)14(17)15(12)18/h1-7H. The first-order chi connectivity index (χ1) is 8.72. The van der Waals surface area contributed by atoms with Crippen molar-refractivity contribution >= 4 is 11.6 Å². The number of rotatable bonds is 0. The van der Waals surface area contributed by atoms with E-state index in [-0.39, 0.29) is 0 Å². The maximum atomic E-state index is 11.9. The molecule has 0 N–H and O–H groups in total. The van der Waals surface area contributed by atoms with Crippen LogP contribution in [-0.4, -0.2) is 11.6 Å². The SMILES string of the molecule is N#Cc1ccc2c(c1)-c1ccccc1C(=O)C2=O. The fourth-order valence-electron chi connectivity index (χ4n) is 2.20. The first-order valence-electron chi connectivity index (χ1n) is 5.45. The third-order valence-electron chi connectivity index (χ3n) is 3.06. The number of fused-ring (bicyclic) bond motifs is 3. The zero-order valence-corrected chi connectivity index (χ0v) is 9.31. The molecule has 0 bridgehead atoms. The molecule has 0 radical (unpaired) electrons. The summed E-state index contributed by atoms with van der Waals surface area (Å²) in [5.41, 5.74) is 2.64. The van der Waals surface area contributed by atoms with Crippen molar-refractivity contribution in [3.05, 3.63) is 59.2 Å². The number of benzene rings is 2. The van der Waals surface area contributed by atoms with Gasteiger partial charge in [-0.25, -0.2) is 0 Å². The topological polar surface area (TPSA) is 57.9 Å². The summed E-state index contributed by atoms with van der Waals surface area (Å²) in [4.78, 5) is 23.9. The van der Waals surface area contributed by atoms with Gasteiger partial charge in [0.15, 0.2) is 0 Å². The molecule has 0 saturated carbocycles. The zero-order chi connectivity index (χ0) is 12.7. The molecule has 18 heavy (non-hydrogen) atoms. The smallest absolute Gasteiger partial charge is 0.234 e. The molecule has 0 unspecified atom stereocenters. The summed E-state index contributed by atoms with van der Waals surface area (Å²) in [6, 6.07) is 13.8. The van der Waals surface area contributed by atoms with Gasteiger partial charge in [0, 0.05) is 11.1 Å². The Morgan fingerprint density at radius 1 is 0.778 bits per heavy atom. The Morgan fingerprint density at radius 2 is 1.39 bits per heavy atom. The van der Waals surface area contributed by atoms with E-state index in [0.717, 1.165) is 0 Å². The van der Waals surface area contributed by atoms with Crippen molar-refractivity contribution in [2.75, 3.05) is 0 Å². The summed E-state index contributed by atoms with van der Waals surface area (Å²) in [6.07, 6.45) is 0. The van der Waals surface area contributed by atoms with Crippen molar-refractivity contribution in [3.63, 3.8) is 0 Å². The molecule has 0 amide bonds. The van der Waals surface area contributed by atoms with E-state index in [9.17, 15) is 9.59 Å². The number of carbonyl (C=O) groups is 2. The van der Waals surface area contributed by atoms with Crippen LogP contribution >= 0.6 is 0 Å². The van der Waals surface area contributed by atoms with Crippen LogP contribution < -0.4 is 0 Å². The first-order valence-corrected chi connectivity index (χ1v) is 5.45. The van der Waals surface area contributed by atoms with Crippen molar-refractivity contribution in [3.8, 4) is 17.2 Å². The van der Waals surface area contributed by atoms with Crippen molar-refractivity contribution in [1.29, 1.82) is 5.26 Å². The lowest BCUT2D eigenvalue weighted by atomic mass is 9.83. The van der Waals surface area contributed by atoms with Gasteiger partial charge in [0.2, 0.25) is 11.6 Å². The van der Waals surface area contributed by atoms with E-state index in [1.165, 1.54) is 0 Å². The monoisotopic (exact) mass is 233 g/mol. The van der Waals surface area contributed by atoms with Crippen molar-refractivity contribution < 1.29 is 9.59 Å². The van der Waals surface area contributed by atoms with Gasteiger partial charge in [-0.2, -0.15) is 5.26 Å². The lowest BCUT2D eigenvalue weighted by molar-refractivity contribution is 0.0815. The molecule has 0 spiro atoms. The van der Waals surface area contributed by atoms with Crippen LogP contribution in [-0.2, 0) is 0 Å². The summed E-state index contributed by atoms with van der Waals surface area (Å²) in [6.45, 7) is 0. The Hall–Kier alpha value is -2.73. The van der Waals surface area contributed by atoms with E-state index in [1.54, 1.807) is 36.4 Å². The Kier molecular flexibility index (Phi) is 2.11. The van der Waals surface area contributed by atoms with Gasteiger partial charge in [0.1, 0.15) is 0 Å². The van der Waals surface area contributed by atoms with Crippen LogP contribution in [0.25, 0.3) is 11.1 Å². The second-order valence-electron chi connectivity index (χ2n) is 4.08. The minimum Gasteiger partial charge on any atom is -0.285 e. The summed E-state index contributed by atoms with van der Waals surface area (Å²) in [5.74, 6) is -0.990. The summed E-state index contributed by atoms with van der Waals surface area (Å²) < 4.78 is 0. The van der Waals surface area contributed by atoms with Gasteiger partial charge in [-0.15, -0.1) is 0 Å². The Morgan fingerprint density at radius 3 is 2.06 bits per heavy atom. The van der Waals surface area contributed by atoms with Crippen molar-refractivity contribution in [2.24, 2.45) is 0 Å². The first kappa shape index (κ1) is 10.4. The molecular formula is C15H7NO2. The second kappa shape index (κ2) is 3.64. The van der Waals surface area contributed by atoms with Gasteiger partial charge in [0.25, 0.3) is 0 Å². The number of hydrogen-bond acceptors (Lipinski definition) is 3. The van der Waals surface area contributed by atoms with Gasteiger partial charge in [-0.1, -0.05) is 24.3 Å². The van der Waals surface area contributed by atoms with Crippen LogP contribution in [0.3, 0.4) is 0 Å². The molecule has 3 rings (SSSR count). The predicted octanol–water partition coefficient (Wildman–Crippen LogP) is 2.60. The van der Waals surface area contributed by atoms with Crippen LogP contribution in [0.15, 0.2) is 42.5 Å². The molecular weight excluding hydrogens is 226 g/mol. The minimum atomic E-state index is -0.506. The highest BCUT2D eigenvalue weighted by molar-refractivity contribution is 6.52. The fourth-order valence-corrected chi connectivity index (χ4v) is 2.20. The average Bonchev–Trinajstić information content (AvgIpc) is 2.44. The molecule has 0 saturated heterocycles. The normalized spacial score (nSPS) is 12.6. The van der Waals surface area contributed by atoms with Gasteiger partial charge in [-0.3, -0.25) is 9.59 Å². The number of Topliss-reactive ketones (excluding diaryl/α,β-unsaturated/α-hetero) is 2. The van der Waals surface area contributed by atoms with Crippen molar-refractivity contribution in [2.45, 2.75) is 0 Å². The molecule has 3 nitrogen and oxygen atoms in total. The minimum absolute atomic E-state index is 0.373. The van der Waals surface area contributed by atoms with Crippen LogP contribution in [0, 0.1) is 11.3 Å². The molecule has 0 aromatic heterocycles. The van der Waals surface area contributed by atoms with Crippen molar-refractivity contribution in [1.82, 2.24) is 0 Å². The number of carbonyl (C=O) groups excluding carboxylic acids is 2. The quantitative estimate of drug-likeness (QED) is 0.657. The van der Waals surface area contributed by atoms with E-state index < -0.39 is 11.6 Å². The van der Waals surface area contributed by atoms with E-state index in [1.807, 2.05) is 12.1 Å². The summed E-state index contributed by atoms with van der Waals surface area (Å²) in [5, 5.41) is 8.90. The highest BCUT2D eigenvalue weighted by Gasteiger charge is 2.29. The lowest BCUT2D eigenvalue weighted by Gasteiger charge is -2.17. The number of ketones is 2. The van der Waals surface area contributed by atoms with E-state index in [0.29, 0.717) is 27.8 Å². The molecule has 0 heterocycles. The maximum absolute atomic E-state index is 11.9.